The highest BCUT2D eigenvalue weighted by Gasteiger charge is 2.27. The summed E-state index contributed by atoms with van der Waals surface area (Å²) in [5.74, 6) is -1.17. The molecular formula is C21H23BrN2O5S. The molecule has 7 nitrogen and oxygen atoms in total. The van der Waals surface area contributed by atoms with Crippen molar-refractivity contribution in [2.24, 2.45) is 0 Å². The second kappa shape index (κ2) is 9.72. The van der Waals surface area contributed by atoms with Crippen molar-refractivity contribution < 1.29 is 22.7 Å². The van der Waals surface area contributed by atoms with E-state index in [0.717, 1.165) is 23.7 Å². The molecule has 1 fully saturated rings. The first kappa shape index (κ1) is 22.5. The molecule has 0 unspecified atom stereocenters. The Kier molecular flexibility index (Phi) is 7.27. The Morgan fingerprint density at radius 3 is 2.40 bits per heavy atom. The smallest absolute Gasteiger partial charge is 0.338 e. The first-order valence-corrected chi connectivity index (χ1v) is 11.8. The first-order valence-electron chi connectivity index (χ1n) is 9.61. The van der Waals surface area contributed by atoms with Gasteiger partial charge < -0.3 is 10.1 Å². The van der Waals surface area contributed by atoms with Crippen molar-refractivity contribution in [3.05, 3.63) is 58.1 Å². The number of benzene rings is 2. The normalized spacial score (nSPS) is 14.9. The number of piperidine rings is 1. The molecule has 0 atom stereocenters. The third-order valence-corrected chi connectivity index (χ3v) is 7.39. The summed E-state index contributed by atoms with van der Waals surface area (Å²) in [6.45, 7) is 2.26. The molecule has 0 radical (unpaired) electrons. The van der Waals surface area contributed by atoms with Crippen molar-refractivity contribution in [1.82, 2.24) is 4.31 Å². The molecule has 1 aliphatic heterocycles. The Morgan fingerprint density at radius 1 is 1.07 bits per heavy atom. The highest BCUT2D eigenvalue weighted by molar-refractivity contribution is 9.10. The fraction of sp³-hybridized carbons (Fsp3) is 0.333. The molecule has 160 valence electrons. The number of hydrogen-bond acceptors (Lipinski definition) is 5. The lowest BCUT2D eigenvalue weighted by Gasteiger charge is -2.26. The van der Waals surface area contributed by atoms with Gasteiger partial charge in [0.25, 0.3) is 5.91 Å². The average Bonchev–Trinajstić information content (AvgIpc) is 2.74. The molecule has 1 saturated heterocycles. The molecular weight excluding hydrogens is 472 g/mol. The number of halogens is 1. The molecule has 1 heterocycles. The second-order valence-corrected chi connectivity index (χ2v) is 9.90. The predicted octanol–water partition coefficient (Wildman–Crippen LogP) is 3.73. The van der Waals surface area contributed by atoms with E-state index in [9.17, 15) is 18.0 Å². The number of carbonyl (C=O) groups is 2. The molecule has 0 spiro atoms. The molecule has 0 bridgehead atoms. The number of sulfonamides is 1. The number of esters is 1. The van der Waals surface area contributed by atoms with Gasteiger partial charge in [-0.15, -0.1) is 0 Å². The van der Waals surface area contributed by atoms with Crippen molar-refractivity contribution in [2.45, 2.75) is 31.1 Å². The fourth-order valence-electron chi connectivity index (χ4n) is 3.20. The highest BCUT2D eigenvalue weighted by atomic mass is 79.9. The number of ether oxygens (including phenoxy) is 1. The Morgan fingerprint density at radius 2 is 1.73 bits per heavy atom. The fourth-order valence-corrected chi connectivity index (χ4v) is 5.23. The summed E-state index contributed by atoms with van der Waals surface area (Å²) in [6.07, 6.45) is 2.72. The van der Waals surface area contributed by atoms with Gasteiger partial charge in [0.05, 0.1) is 10.5 Å². The van der Waals surface area contributed by atoms with E-state index < -0.39 is 28.5 Å². The van der Waals surface area contributed by atoms with E-state index in [4.69, 9.17) is 4.74 Å². The van der Waals surface area contributed by atoms with Gasteiger partial charge >= 0.3 is 5.97 Å². The minimum atomic E-state index is -3.62. The molecule has 2 aromatic rings. The molecule has 2 aromatic carbocycles. The van der Waals surface area contributed by atoms with Crippen LogP contribution in [-0.4, -0.2) is 44.3 Å². The zero-order valence-electron chi connectivity index (χ0n) is 16.6. The average molecular weight is 495 g/mol. The Labute approximate surface area is 184 Å². The van der Waals surface area contributed by atoms with E-state index in [-0.39, 0.29) is 4.90 Å². The second-order valence-electron chi connectivity index (χ2n) is 7.08. The van der Waals surface area contributed by atoms with Crippen molar-refractivity contribution >= 4 is 43.5 Å². The van der Waals surface area contributed by atoms with Crippen molar-refractivity contribution in [1.29, 1.82) is 0 Å². The lowest BCUT2D eigenvalue weighted by molar-refractivity contribution is -0.119. The first-order chi connectivity index (χ1) is 14.3. The quantitative estimate of drug-likeness (QED) is 0.617. The Hall–Kier alpha value is -2.23. The third kappa shape index (κ3) is 5.47. The van der Waals surface area contributed by atoms with Crippen LogP contribution >= 0.6 is 15.9 Å². The van der Waals surface area contributed by atoms with Crippen LogP contribution in [0.5, 0.6) is 0 Å². The maximum atomic E-state index is 13.0. The Balaban J connectivity index is 1.65. The number of nitrogens with zero attached hydrogens (tertiary/aromatic N) is 1. The van der Waals surface area contributed by atoms with Crippen molar-refractivity contribution in [2.75, 3.05) is 25.0 Å². The molecule has 9 heteroatoms. The number of carbonyl (C=O) groups excluding carboxylic acids is 2. The third-order valence-electron chi connectivity index (χ3n) is 4.82. The number of hydrogen-bond donors (Lipinski definition) is 1. The topological polar surface area (TPSA) is 92.8 Å². The monoisotopic (exact) mass is 494 g/mol. The molecule has 3 rings (SSSR count). The van der Waals surface area contributed by atoms with Crippen LogP contribution in [0, 0.1) is 6.92 Å². The highest BCUT2D eigenvalue weighted by Crippen LogP contribution is 2.26. The Bertz CT molecular complexity index is 1030. The van der Waals surface area contributed by atoms with Crippen LogP contribution in [0.4, 0.5) is 5.69 Å². The number of aryl methyl sites for hydroxylation is 1. The lowest BCUT2D eigenvalue weighted by Crippen LogP contribution is -2.36. The number of rotatable bonds is 6. The summed E-state index contributed by atoms with van der Waals surface area (Å²) in [4.78, 5) is 24.4. The maximum Gasteiger partial charge on any atom is 0.338 e. The number of nitrogens with one attached hydrogen (secondary N) is 1. The van der Waals surface area contributed by atoms with Crippen LogP contribution in [-0.2, 0) is 19.6 Å². The van der Waals surface area contributed by atoms with E-state index in [1.54, 1.807) is 43.3 Å². The van der Waals surface area contributed by atoms with Crippen LogP contribution < -0.4 is 5.32 Å². The van der Waals surface area contributed by atoms with Crippen LogP contribution in [0.3, 0.4) is 0 Å². The zero-order chi connectivity index (χ0) is 21.7. The van der Waals surface area contributed by atoms with Crippen LogP contribution in [0.15, 0.2) is 51.8 Å². The number of amides is 1. The van der Waals surface area contributed by atoms with Crippen molar-refractivity contribution in [3.63, 3.8) is 0 Å². The van der Waals surface area contributed by atoms with Gasteiger partial charge in [-0.25, -0.2) is 13.2 Å². The maximum absolute atomic E-state index is 13.0. The molecule has 30 heavy (non-hydrogen) atoms. The minimum Gasteiger partial charge on any atom is -0.452 e. The standard InChI is InChI=1S/C21H23BrN2O5S/c1-15-5-10-18(13-19(15)30(27,28)24-11-3-2-4-12-24)23-20(25)14-29-21(26)16-6-8-17(22)9-7-16/h5-10,13H,2-4,11-12,14H2,1H3,(H,23,25). The minimum absolute atomic E-state index is 0.175. The van der Waals surface area contributed by atoms with Gasteiger partial charge in [0.1, 0.15) is 0 Å². The summed E-state index contributed by atoms with van der Waals surface area (Å²) in [6, 6.07) is 11.3. The molecule has 0 aliphatic carbocycles. The van der Waals surface area contributed by atoms with Gasteiger partial charge in [0.2, 0.25) is 10.0 Å². The van der Waals surface area contributed by atoms with Gasteiger partial charge in [-0.05, 0) is 61.7 Å². The van der Waals surface area contributed by atoms with E-state index in [0.29, 0.717) is 29.9 Å². The van der Waals surface area contributed by atoms with Gasteiger partial charge in [-0.2, -0.15) is 4.31 Å². The molecule has 1 amide bonds. The molecule has 0 aromatic heterocycles. The summed E-state index contributed by atoms with van der Waals surface area (Å²) in [5.41, 5.74) is 1.28. The zero-order valence-corrected chi connectivity index (χ0v) is 19.0. The number of anilines is 1. The van der Waals surface area contributed by atoms with E-state index in [2.05, 4.69) is 21.2 Å². The van der Waals surface area contributed by atoms with Gasteiger partial charge in [-0.3, -0.25) is 4.79 Å². The predicted molar refractivity (Wildman–Crippen MR) is 117 cm³/mol. The summed E-state index contributed by atoms with van der Waals surface area (Å²) < 4.78 is 33.3. The van der Waals surface area contributed by atoms with Gasteiger partial charge in [0.15, 0.2) is 6.61 Å². The molecule has 1 N–H and O–H groups in total. The summed E-state index contributed by atoms with van der Waals surface area (Å²) in [5, 5.41) is 2.59. The molecule has 1 aliphatic rings. The van der Waals surface area contributed by atoms with Gasteiger partial charge in [0, 0.05) is 23.2 Å². The molecule has 0 saturated carbocycles. The van der Waals surface area contributed by atoms with Crippen LogP contribution in [0.25, 0.3) is 0 Å². The van der Waals surface area contributed by atoms with E-state index in [1.807, 2.05) is 0 Å². The lowest BCUT2D eigenvalue weighted by atomic mass is 10.2. The van der Waals surface area contributed by atoms with Crippen molar-refractivity contribution in [3.8, 4) is 0 Å². The van der Waals surface area contributed by atoms with Crippen LogP contribution in [0.1, 0.15) is 35.2 Å². The van der Waals surface area contributed by atoms with E-state index >= 15 is 0 Å². The largest absolute Gasteiger partial charge is 0.452 e. The summed E-state index contributed by atoms with van der Waals surface area (Å²) in [7, 11) is -3.62. The summed E-state index contributed by atoms with van der Waals surface area (Å²) >= 11 is 3.28. The van der Waals surface area contributed by atoms with E-state index in [1.165, 1.54) is 10.4 Å². The SMILES string of the molecule is Cc1ccc(NC(=O)COC(=O)c2ccc(Br)cc2)cc1S(=O)(=O)N1CCCCC1. The van der Waals surface area contributed by atoms with Gasteiger partial charge in [-0.1, -0.05) is 28.4 Å². The van der Waals surface area contributed by atoms with Crippen LogP contribution in [0.2, 0.25) is 0 Å².